The monoisotopic (exact) mass is 659 g/mol. The number of aliphatic hydroxyl groups excluding tert-OH is 2. The first-order valence-corrected chi connectivity index (χ1v) is 18.1. The molecule has 2 saturated carbocycles. The Balaban J connectivity index is 1.31. The zero-order valence-corrected chi connectivity index (χ0v) is 27.5. The standard InChI is InChI=1S/C29H37N7O5S3/c1-5-41-11-10-31-28-32-15(3)21(27-35-23-20(43-27)8-9-30-22(23)17-6-7-17)26(36-28)34-19-12-18(24(37)25(19)38)13-44(39,40)29-33-14(2)16(4)42-29/h8-9,17-19,24-25,37-38H,5-7,10-13H2,1-4H3,(H2,31,32,34,36)/t18-,19-,24-,25+/m1/s1. The van der Waals surface area contributed by atoms with Crippen LogP contribution in [0.5, 0.6) is 0 Å². The van der Waals surface area contributed by atoms with Crippen molar-refractivity contribution in [3.63, 3.8) is 0 Å². The Labute approximate surface area is 264 Å². The van der Waals surface area contributed by atoms with Crippen LogP contribution in [0.15, 0.2) is 16.6 Å². The fraction of sp³-hybridized carbons (Fsp3) is 0.552. The molecule has 44 heavy (non-hydrogen) atoms. The third kappa shape index (κ3) is 6.30. The quantitative estimate of drug-likeness (QED) is 0.162. The zero-order valence-electron chi connectivity index (χ0n) is 25.1. The van der Waals surface area contributed by atoms with Crippen LogP contribution in [0.3, 0.4) is 0 Å². The molecule has 0 aromatic carbocycles. The van der Waals surface area contributed by atoms with Crippen LogP contribution >= 0.6 is 22.7 Å². The first kappa shape index (κ1) is 31.2. The van der Waals surface area contributed by atoms with Crippen LogP contribution in [0.1, 0.15) is 54.1 Å². The maximum absolute atomic E-state index is 13.2. The van der Waals surface area contributed by atoms with Crippen molar-refractivity contribution in [2.75, 3.05) is 36.1 Å². The highest BCUT2D eigenvalue weighted by Crippen LogP contribution is 2.44. The number of anilines is 2. The van der Waals surface area contributed by atoms with E-state index in [1.165, 1.54) is 11.3 Å². The van der Waals surface area contributed by atoms with E-state index in [0.717, 1.165) is 50.0 Å². The smallest absolute Gasteiger partial charge is 0.224 e. The lowest BCUT2D eigenvalue weighted by Crippen LogP contribution is -2.36. The largest absolute Gasteiger partial charge is 0.390 e. The van der Waals surface area contributed by atoms with Gasteiger partial charge in [0.2, 0.25) is 20.1 Å². The summed E-state index contributed by atoms with van der Waals surface area (Å²) in [6.45, 7) is 9.01. The minimum atomic E-state index is -3.75. The third-order valence-corrected chi connectivity index (χ3v) is 12.6. The summed E-state index contributed by atoms with van der Waals surface area (Å²) < 4.78 is 32.9. The number of sulfone groups is 1. The van der Waals surface area contributed by atoms with Crippen LogP contribution in [-0.4, -0.2) is 87.3 Å². The fourth-order valence-electron chi connectivity index (χ4n) is 5.57. The van der Waals surface area contributed by atoms with Crippen LogP contribution in [0.4, 0.5) is 11.8 Å². The number of hydrogen-bond donors (Lipinski definition) is 4. The predicted octanol–water partition coefficient (Wildman–Crippen LogP) is 3.85. The maximum atomic E-state index is 13.2. The van der Waals surface area contributed by atoms with Gasteiger partial charge in [-0.15, -0.1) is 22.7 Å². The second-order valence-corrected chi connectivity index (χ2v) is 15.9. The van der Waals surface area contributed by atoms with Crippen molar-refractivity contribution in [2.24, 2.45) is 5.92 Å². The molecule has 0 bridgehead atoms. The van der Waals surface area contributed by atoms with Gasteiger partial charge in [-0.1, -0.05) is 0 Å². The first-order valence-electron chi connectivity index (χ1n) is 14.8. The SMILES string of the molecule is CCOCCNc1nc(C)c(-c2nc3c(C4CC4)nccc3s2)c(N[C@@H]2C[C@H](CS(=O)(=O)c3nc(C)c(C)s3)[C@@H](O)[C@H]2O)n1. The van der Waals surface area contributed by atoms with E-state index in [1.807, 2.05) is 33.0 Å². The molecular formula is C29H37N7O5S3. The van der Waals surface area contributed by atoms with Crippen LogP contribution in [-0.2, 0) is 14.6 Å². The Morgan fingerprint density at radius 3 is 2.55 bits per heavy atom. The maximum Gasteiger partial charge on any atom is 0.224 e. The Morgan fingerprint density at radius 2 is 1.84 bits per heavy atom. The van der Waals surface area contributed by atoms with Crippen LogP contribution in [0.25, 0.3) is 20.8 Å². The summed E-state index contributed by atoms with van der Waals surface area (Å²) >= 11 is 2.66. The highest BCUT2D eigenvalue weighted by atomic mass is 32.2. The van der Waals surface area contributed by atoms with Gasteiger partial charge < -0.3 is 25.6 Å². The van der Waals surface area contributed by atoms with Crippen molar-refractivity contribution < 1.29 is 23.4 Å². The number of aromatic nitrogens is 5. The van der Waals surface area contributed by atoms with Crippen molar-refractivity contribution in [1.29, 1.82) is 0 Å². The number of nitrogens with zero attached hydrogens (tertiary/aromatic N) is 5. The van der Waals surface area contributed by atoms with Gasteiger partial charge in [0.1, 0.15) is 22.4 Å². The van der Waals surface area contributed by atoms with Crippen molar-refractivity contribution in [2.45, 2.75) is 75.5 Å². The number of ether oxygens (including phenoxy) is 1. The summed E-state index contributed by atoms with van der Waals surface area (Å²) in [5.74, 6) is 0.256. The molecule has 15 heteroatoms. The second-order valence-electron chi connectivity index (χ2n) is 11.4. The minimum absolute atomic E-state index is 0.0398. The Kier molecular flexibility index (Phi) is 8.87. The normalized spacial score (nSPS) is 22.1. The molecule has 0 radical (unpaired) electrons. The molecule has 0 saturated heterocycles. The second kappa shape index (κ2) is 12.5. The number of aliphatic hydroxyl groups is 2. The molecule has 2 aliphatic carbocycles. The number of fused-ring (bicyclic) bond motifs is 1. The number of aryl methyl sites for hydroxylation is 3. The average Bonchev–Trinajstić information content (AvgIpc) is 3.57. The fourth-order valence-corrected chi connectivity index (χ4v) is 9.67. The molecule has 0 spiro atoms. The van der Waals surface area contributed by atoms with Crippen LogP contribution < -0.4 is 10.6 Å². The van der Waals surface area contributed by atoms with E-state index in [1.54, 1.807) is 6.92 Å². The molecular weight excluding hydrogens is 623 g/mol. The number of nitrogens with one attached hydrogen (secondary N) is 2. The van der Waals surface area contributed by atoms with Gasteiger partial charge in [0, 0.05) is 36.1 Å². The van der Waals surface area contributed by atoms with Crippen molar-refractivity contribution in [1.82, 2.24) is 24.9 Å². The summed E-state index contributed by atoms with van der Waals surface area (Å²) in [7, 11) is -3.75. The number of rotatable bonds is 12. The van der Waals surface area contributed by atoms with E-state index >= 15 is 0 Å². The molecule has 2 fully saturated rings. The average molecular weight is 660 g/mol. The van der Waals surface area contributed by atoms with Gasteiger partial charge in [-0.25, -0.2) is 23.4 Å². The molecule has 0 amide bonds. The number of thiazole rings is 2. The lowest BCUT2D eigenvalue weighted by molar-refractivity contribution is 0.0216. The van der Waals surface area contributed by atoms with E-state index in [0.29, 0.717) is 54.4 Å². The van der Waals surface area contributed by atoms with E-state index < -0.39 is 34.0 Å². The molecule has 2 aliphatic rings. The molecule has 0 unspecified atom stereocenters. The topological polar surface area (TPSA) is 172 Å². The summed E-state index contributed by atoms with van der Waals surface area (Å²) in [6.07, 6.45) is 1.80. The number of pyridine rings is 1. The van der Waals surface area contributed by atoms with Gasteiger partial charge in [0.05, 0.1) is 51.9 Å². The van der Waals surface area contributed by atoms with Crippen molar-refractivity contribution >= 4 is 54.5 Å². The van der Waals surface area contributed by atoms with Crippen molar-refractivity contribution in [3.05, 3.63) is 34.2 Å². The third-order valence-electron chi connectivity index (χ3n) is 8.17. The van der Waals surface area contributed by atoms with Crippen LogP contribution in [0.2, 0.25) is 0 Å². The highest BCUT2D eigenvalue weighted by molar-refractivity contribution is 7.93. The molecule has 4 aromatic heterocycles. The lowest BCUT2D eigenvalue weighted by Gasteiger charge is -2.21. The van der Waals surface area contributed by atoms with E-state index in [4.69, 9.17) is 19.7 Å². The zero-order chi connectivity index (χ0) is 31.2. The van der Waals surface area contributed by atoms with E-state index in [9.17, 15) is 18.6 Å². The van der Waals surface area contributed by atoms with E-state index in [2.05, 4.69) is 20.6 Å². The molecule has 4 aromatic rings. The molecule has 4 heterocycles. The Bertz CT molecular complexity index is 1750. The predicted molar refractivity (Wildman–Crippen MR) is 171 cm³/mol. The van der Waals surface area contributed by atoms with Crippen molar-refractivity contribution in [3.8, 4) is 10.6 Å². The molecule has 4 N–H and O–H groups in total. The van der Waals surface area contributed by atoms with Gasteiger partial charge in [0.15, 0.2) is 0 Å². The lowest BCUT2D eigenvalue weighted by atomic mass is 10.1. The van der Waals surface area contributed by atoms with Gasteiger partial charge in [0.25, 0.3) is 0 Å². The van der Waals surface area contributed by atoms with Gasteiger partial charge >= 0.3 is 0 Å². The molecule has 236 valence electrons. The summed E-state index contributed by atoms with van der Waals surface area (Å²) in [5, 5.41) is 29.3. The number of hydrogen-bond acceptors (Lipinski definition) is 14. The molecule has 0 aliphatic heterocycles. The van der Waals surface area contributed by atoms with E-state index in [-0.39, 0.29) is 16.5 Å². The summed E-state index contributed by atoms with van der Waals surface area (Å²) in [6, 6.07) is 1.30. The first-order chi connectivity index (χ1) is 21.1. The molecule has 12 nitrogen and oxygen atoms in total. The molecule has 6 rings (SSSR count). The minimum Gasteiger partial charge on any atom is -0.390 e. The highest BCUT2D eigenvalue weighted by Gasteiger charge is 2.44. The van der Waals surface area contributed by atoms with Gasteiger partial charge in [-0.3, -0.25) is 4.98 Å². The van der Waals surface area contributed by atoms with Crippen LogP contribution in [0, 0.1) is 26.7 Å². The Morgan fingerprint density at radius 1 is 1.05 bits per heavy atom. The Hall–Kier alpha value is -2.82. The van der Waals surface area contributed by atoms with Gasteiger partial charge in [-0.05, 0) is 53.0 Å². The summed E-state index contributed by atoms with van der Waals surface area (Å²) in [5.41, 5.74) is 3.94. The van der Waals surface area contributed by atoms with Gasteiger partial charge in [-0.2, -0.15) is 4.98 Å². The molecule has 4 atom stereocenters. The summed E-state index contributed by atoms with van der Waals surface area (Å²) in [4.78, 5) is 24.1.